The predicted octanol–water partition coefficient (Wildman–Crippen LogP) is 6.31. The Kier molecular flexibility index (Phi) is 4.45. The number of carbonyl (C=O) groups is 1. The van der Waals surface area contributed by atoms with Crippen molar-refractivity contribution in [2.45, 2.75) is 86.0 Å². The van der Waals surface area contributed by atoms with Crippen LogP contribution in [-0.2, 0) is 4.79 Å². The van der Waals surface area contributed by atoms with E-state index in [1.807, 2.05) is 0 Å². The second kappa shape index (κ2) is 5.86. The van der Waals surface area contributed by atoms with E-state index in [9.17, 15) is 9.90 Å². The van der Waals surface area contributed by atoms with Gasteiger partial charge >= 0.3 is 5.97 Å². The number of hydrogen-bond donors (Lipinski definition) is 1. The smallest absolute Gasteiger partial charge is 0.309 e. The zero-order chi connectivity index (χ0) is 18.7. The van der Waals surface area contributed by atoms with E-state index in [0.29, 0.717) is 17.8 Å². The van der Waals surface area contributed by atoms with Crippen LogP contribution in [0.4, 0.5) is 0 Å². The van der Waals surface area contributed by atoms with E-state index >= 15 is 0 Å². The summed E-state index contributed by atoms with van der Waals surface area (Å²) in [6.07, 6.45) is 10.7. The summed E-state index contributed by atoms with van der Waals surface area (Å²) >= 11 is 0. The van der Waals surface area contributed by atoms with Crippen molar-refractivity contribution >= 4 is 5.97 Å². The Bertz CT molecular complexity index is 560. The highest BCUT2D eigenvalue weighted by atomic mass is 16.4. The van der Waals surface area contributed by atoms with Gasteiger partial charge < -0.3 is 5.11 Å². The molecule has 5 atom stereocenters. The molecule has 3 fully saturated rings. The zero-order valence-corrected chi connectivity index (χ0v) is 17.0. The number of carboxylic acid groups (broad SMARTS) is 1. The molecular formula is C23H38O2. The van der Waals surface area contributed by atoms with Gasteiger partial charge in [0.15, 0.2) is 0 Å². The number of allylic oxidation sites excluding steroid dienone is 1. The maximum absolute atomic E-state index is 12.2. The molecule has 0 bridgehead atoms. The topological polar surface area (TPSA) is 37.3 Å². The third kappa shape index (κ3) is 2.46. The van der Waals surface area contributed by atoms with Gasteiger partial charge in [-0.3, -0.25) is 4.79 Å². The Labute approximate surface area is 154 Å². The van der Waals surface area contributed by atoms with E-state index in [1.165, 1.54) is 12.8 Å². The van der Waals surface area contributed by atoms with Gasteiger partial charge in [0.05, 0.1) is 5.41 Å². The van der Waals surface area contributed by atoms with Gasteiger partial charge in [-0.1, -0.05) is 47.1 Å². The van der Waals surface area contributed by atoms with Crippen molar-refractivity contribution in [3.05, 3.63) is 12.7 Å². The second-order valence-electron chi connectivity index (χ2n) is 10.8. The molecule has 0 aliphatic heterocycles. The van der Waals surface area contributed by atoms with E-state index < -0.39 is 11.4 Å². The van der Waals surface area contributed by atoms with Crippen LogP contribution in [0.5, 0.6) is 0 Å². The number of fused-ring (bicyclic) bond motifs is 3. The van der Waals surface area contributed by atoms with Crippen LogP contribution >= 0.6 is 0 Å². The van der Waals surface area contributed by atoms with Crippen LogP contribution in [0.25, 0.3) is 0 Å². The van der Waals surface area contributed by atoms with Crippen molar-refractivity contribution in [2.75, 3.05) is 0 Å². The molecule has 0 unspecified atom stereocenters. The monoisotopic (exact) mass is 346 g/mol. The normalized spacial score (nSPS) is 43.2. The van der Waals surface area contributed by atoms with Crippen molar-refractivity contribution in [2.24, 2.45) is 39.4 Å². The van der Waals surface area contributed by atoms with E-state index in [1.54, 1.807) is 0 Å². The fourth-order valence-corrected chi connectivity index (χ4v) is 7.79. The van der Waals surface area contributed by atoms with Crippen LogP contribution in [0.3, 0.4) is 0 Å². The lowest BCUT2D eigenvalue weighted by atomic mass is 9.39. The number of aliphatic carboxylic acids is 1. The van der Waals surface area contributed by atoms with Crippen LogP contribution in [-0.4, -0.2) is 11.1 Å². The molecule has 3 aliphatic carbocycles. The Hall–Kier alpha value is -0.790. The molecule has 0 amide bonds. The highest BCUT2D eigenvalue weighted by Gasteiger charge is 2.65. The van der Waals surface area contributed by atoms with Gasteiger partial charge in [0.25, 0.3) is 0 Å². The molecule has 3 rings (SSSR count). The van der Waals surface area contributed by atoms with Gasteiger partial charge in [-0.2, -0.15) is 0 Å². The molecule has 142 valence electrons. The average molecular weight is 347 g/mol. The van der Waals surface area contributed by atoms with Gasteiger partial charge in [0.2, 0.25) is 0 Å². The average Bonchev–Trinajstić information content (AvgIpc) is 2.93. The molecule has 0 aromatic rings. The largest absolute Gasteiger partial charge is 0.481 e. The van der Waals surface area contributed by atoms with Gasteiger partial charge in [-0.25, -0.2) is 0 Å². The van der Waals surface area contributed by atoms with Gasteiger partial charge in [0.1, 0.15) is 0 Å². The zero-order valence-electron chi connectivity index (χ0n) is 17.0. The first-order chi connectivity index (χ1) is 11.5. The quantitative estimate of drug-likeness (QED) is 0.605. The Morgan fingerprint density at radius 2 is 1.80 bits per heavy atom. The number of hydrogen-bond acceptors (Lipinski definition) is 1. The molecule has 3 saturated carbocycles. The summed E-state index contributed by atoms with van der Waals surface area (Å²) in [6.45, 7) is 16.3. The lowest BCUT2D eigenvalue weighted by molar-refractivity contribution is -0.188. The third-order valence-electron chi connectivity index (χ3n) is 9.39. The first-order valence-electron chi connectivity index (χ1n) is 10.4. The van der Waals surface area contributed by atoms with Crippen LogP contribution in [0.15, 0.2) is 12.7 Å². The summed E-state index contributed by atoms with van der Waals surface area (Å²) in [5.41, 5.74) is 0.331. The van der Waals surface area contributed by atoms with Crippen LogP contribution in [0.2, 0.25) is 0 Å². The van der Waals surface area contributed by atoms with Crippen molar-refractivity contribution in [1.82, 2.24) is 0 Å². The predicted molar refractivity (Wildman–Crippen MR) is 103 cm³/mol. The lowest BCUT2D eigenvalue weighted by Crippen LogP contribution is -2.60. The molecule has 0 aromatic carbocycles. The minimum Gasteiger partial charge on any atom is -0.481 e. The van der Waals surface area contributed by atoms with Crippen molar-refractivity contribution in [3.8, 4) is 0 Å². The molecule has 1 N–H and O–H groups in total. The van der Waals surface area contributed by atoms with Crippen molar-refractivity contribution in [3.63, 3.8) is 0 Å². The molecule has 3 aliphatic rings. The summed E-state index contributed by atoms with van der Waals surface area (Å²) in [5, 5.41) is 10.0. The van der Waals surface area contributed by atoms with E-state index in [0.717, 1.165) is 38.5 Å². The maximum atomic E-state index is 12.2. The van der Waals surface area contributed by atoms with E-state index in [4.69, 9.17) is 0 Å². The van der Waals surface area contributed by atoms with E-state index in [2.05, 4.69) is 47.3 Å². The maximum Gasteiger partial charge on any atom is 0.309 e. The molecule has 0 heterocycles. The summed E-state index contributed by atoms with van der Waals surface area (Å²) < 4.78 is 0. The fourth-order valence-electron chi connectivity index (χ4n) is 7.79. The van der Waals surface area contributed by atoms with E-state index in [-0.39, 0.29) is 16.2 Å². The second-order valence-corrected chi connectivity index (χ2v) is 10.8. The number of rotatable bonds is 4. The molecule has 2 nitrogen and oxygen atoms in total. The number of carboxylic acids is 1. The lowest BCUT2D eigenvalue weighted by Gasteiger charge is -2.65. The summed E-state index contributed by atoms with van der Waals surface area (Å²) in [7, 11) is 0. The Morgan fingerprint density at radius 3 is 2.40 bits per heavy atom. The van der Waals surface area contributed by atoms with Crippen molar-refractivity contribution < 1.29 is 9.90 Å². The summed E-state index contributed by atoms with van der Waals surface area (Å²) in [5.74, 6) is 1.12. The fraction of sp³-hybridized carbons (Fsp3) is 0.870. The molecule has 2 heteroatoms. The first kappa shape index (κ1) is 19.0. The molecule has 25 heavy (non-hydrogen) atoms. The van der Waals surface area contributed by atoms with Crippen LogP contribution in [0, 0.1) is 39.4 Å². The standard InChI is InChI=1S/C23H38O2/c1-7-12-20(2,3)18-11-10-16-17-9-8-13-23(17,19(24)25)15-14-22(16,6)21(18,4)5/h7,16-18H,1,8-15H2,2-6H3,(H,24,25)/t16-,17-,18-,22-,23+/m1/s1. The molecule has 0 radical (unpaired) electrons. The van der Waals surface area contributed by atoms with Crippen molar-refractivity contribution in [1.29, 1.82) is 0 Å². The molecular weight excluding hydrogens is 308 g/mol. The van der Waals surface area contributed by atoms with Gasteiger partial charge in [0, 0.05) is 0 Å². The third-order valence-corrected chi connectivity index (χ3v) is 9.39. The minimum absolute atomic E-state index is 0.232. The SMILES string of the molecule is C=CCC(C)(C)[C@H]1CC[C@@H]2[C@H]3CCC[C@]3(C(=O)O)CC[C@@]2(C)C1(C)C. The Balaban J connectivity index is 1.97. The minimum atomic E-state index is -0.510. The molecule has 0 aromatic heterocycles. The van der Waals surface area contributed by atoms with Gasteiger partial charge in [-0.05, 0) is 78.9 Å². The van der Waals surface area contributed by atoms with Crippen LogP contribution < -0.4 is 0 Å². The van der Waals surface area contributed by atoms with Crippen LogP contribution in [0.1, 0.15) is 86.0 Å². The first-order valence-corrected chi connectivity index (χ1v) is 10.4. The molecule has 0 saturated heterocycles. The van der Waals surface area contributed by atoms with Gasteiger partial charge in [-0.15, -0.1) is 6.58 Å². The highest BCUT2D eigenvalue weighted by Crippen LogP contribution is 2.71. The summed E-state index contributed by atoms with van der Waals surface area (Å²) in [4.78, 5) is 12.2. The summed E-state index contributed by atoms with van der Waals surface area (Å²) in [6, 6.07) is 0. The Morgan fingerprint density at radius 1 is 1.12 bits per heavy atom. The molecule has 0 spiro atoms. The highest BCUT2D eigenvalue weighted by molar-refractivity contribution is 5.76.